The Kier molecular flexibility index (Phi) is 9.97. The summed E-state index contributed by atoms with van der Waals surface area (Å²) in [4.78, 5) is 39.9. The summed E-state index contributed by atoms with van der Waals surface area (Å²) in [5, 5.41) is 0. The molecule has 0 bridgehead atoms. The maximum absolute atomic E-state index is 13.4. The van der Waals surface area contributed by atoms with Crippen molar-refractivity contribution in [2.75, 3.05) is 19.8 Å². The van der Waals surface area contributed by atoms with Crippen LogP contribution in [0, 0.1) is 12.3 Å². The number of aryl methyl sites for hydroxylation is 1. The lowest BCUT2D eigenvalue weighted by molar-refractivity contribution is -0.179. The topological polar surface area (TPSA) is 125 Å². The Hall–Kier alpha value is -3.24. The van der Waals surface area contributed by atoms with E-state index in [9.17, 15) is 22.8 Å². The number of nitrogens with one attached hydrogen (secondary N) is 1. The monoisotopic (exact) mass is 505 g/mol. The molecule has 0 radical (unpaired) electrons. The van der Waals surface area contributed by atoms with E-state index in [4.69, 9.17) is 14.2 Å². The molecule has 0 spiro atoms. The number of rotatable bonds is 12. The Bertz CT molecular complexity index is 1100. The van der Waals surface area contributed by atoms with Gasteiger partial charge in [-0.15, -0.1) is 0 Å². The van der Waals surface area contributed by atoms with Crippen molar-refractivity contribution in [2.24, 2.45) is 5.41 Å². The van der Waals surface area contributed by atoms with E-state index in [1.54, 1.807) is 49.4 Å². The largest absolute Gasteiger partial charge is 0.465 e. The first-order chi connectivity index (χ1) is 16.6. The zero-order valence-corrected chi connectivity index (χ0v) is 21.1. The Morgan fingerprint density at radius 1 is 0.829 bits per heavy atom. The first-order valence-electron chi connectivity index (χ1n) is 11.3. The molecule has 0 amide bonds. The molecule has 2 aromatic carbocycles. The van der Waals surface area contributed by atoms with Crippen molar-refractivity contribution in [2.45, 2.75) is 45.1 Å². The van der Waals surface area contributed by atoms with Crippen LogP contribution in [0.5, 0.6) is 0 Å². The molecule has 0 aliphatic heterocycles. The van der Waals surface area contributed by atoms with Crippen molar-refractivity contribution in [1.82, 2.24) is 4.72 Å². The van der Waals surface area contributed by atoms with Crippen LogP contribution in [0.15, 0.2) is 59.5 Å². The van der Waals surface area contributed by atoms with Gasteiger partial charge in [-0.25, -0.2) is 8.42 Å². The second-order valence-electron chi connectivity index (χ2n) is 7.69. The molecule has 0 saturated heterocycles. The quantitative estimate of drug-likeness (QED) is 0.265. The van der Waals surface area contributed by atoms with Crippen molar-refractivity contribution in [3.05, 3.63) is 65.7 Å². The third-order valence-corrected chi connectivity index (χ3v) is 6.66. The van der Waals surface area contributed by atoms with Gasteiger partial charge in [-0.1, -0.05) is 48.0 Å². The zero-order chi connectivity index (χ0) is 26.1. The van der Waals surface area contributed by atoms with E-state index in [2.05, 4.69) is 4.72 Å². The second kappa shape index (κ2) is 12.5. The predicted molar refractivity (Wildman–Crippen MR) is 128 cm³/mol. The number of hydrogen-bond donors (Lipinski definition) is 1. The van der Waals surface area contributed by atoms with E-state index in [0.717, 1.165) is 5.56 Å². The van der Waals surface area contributed by atoms with Gasteiger partial charge in [0, 0.05) is 6.42 Å². The number of benzene rings is 2. The number of esters is 3. The van der Waals surface area contributed by atoms with E-state index >= 15 is 0 Å². The molecule has 1 atom stereocenters. The summed E-state index contributed by atoms with van der Waals surface area (Å²) in [6.07, 6.45) is -0.370. The van der Waals surface area contributed by atoms with E-state index in [-0.39, 0.29) is 31.1 Å². The second-order valence-corrected chi connectivity index (χ2v) is 9.41. The molecule has 0 heterocycles. The zero-order valence-electron chi connectivity index (χ0n) is 20.3. The highest BCUT2D eigenvalue weighted by molar-refractivity contribution is 7.89. The Morgan fingerprint density at radius 3 is 1.83 bits per heavy atom. The molecule has 190 valence electrons. The van der Waals surface area contributed by atoms with Crippen LogP contribution in [0.25, 0.3) is 0 Å². The standard InChI is InChI=1S/C25H31NO8S/c1-5-32-22(27)21(26-35(30,31)20-15-13-18(4)14-16-20)25(23(28)33-6-2,24(29)34-7-3)17-19-11-9-8-10-12-19/h8-16,21,26H,5-7,17H2,1-4H3/t21-/m0/s1. The molecule has 0 unspecified atom stereocenters. The van der Waals surface area contributed by atoms with Gasteiger partial charge in [-0.3, -0.25) is 14.4 Å². The van der Waals surface area contributed by atoms with E-state index in [0.29, 0.717) is 5.56 Å². The van der Waals surface area contributed by atoms with Gasteiger partial charge in [0.2, 0.25) is 10.0 Å². The Morgan fingerprint density at radius 2 is 1.34 bits per heavy atom. The van der Waals surface area contributed by atoms with Crippen LogP contribution in [0.1, 0.15) is 31.9 Å². The fourth-order valence-corrected chi connectivity index (χ4v) is 4.76. The van der Waals surface area contributed by atoms with Crippen LogP contribution in [0.4, 0.5) is 0 Å². The lowest BCUT2D eigenvalue weighted by atomic mass is 9.75. The van der Waals surface area contributed by atoms with Crippen molar-refractivity contribution >= 4 is 27.9 Å². The first kappa shape index (κ1) is 28.0. The number of hydrogen-bond acceptors (Lipinski definition) is 8. The van der Waals surface area contributed by atoms with Crippen molar-refractivity contribution < 1.29 is 37.0 Å². The Labute approximate surface area is 205 Å². The maximum atomic E-state index is 13.4. The van der Waals surface area contributed by atoms with Gasteiger partial charge in [-0.05, 0) is 45.4 Å². The summed E-state index contributed by atoms with van der Waals surface area (Å²) in [5.41, 5.74) is -1.09. The minimum absolute atomic E-state index is 0.116. The highest BCUT2D eigenvalue weighted by Gasteiger charge is 2.59. The van der Waals surface area contributed by atoms with E-state index in [1.807, 2.05) is 0 Å². The lowest BCUT2D eigenvalue weighted by Crippen LogP contribution is -2.62. The molecule has 0 aliphatic carbocycles. The third-order valence-electron chi connectivity index (χ3n) is 5.22. The highest BCUT2D eigenvalue weighted by atomic mass is 32.2. The van der Waals surface area contributed by atoms with Crippen molar-refractivity contribution in [3.63, 3.8) is 0 Å². The van der Waals surface area contributed by atoms with Crippen LogP contribution in [0.3, 0.4) is 0 Å². The van der Waals surface area contributed by atoms with Crippen molar-refractivity contribution in [1.29, 1.82) is 0 Å². The molecular formula is C25H31NO8S. The van der Waals surface area contributed by atoms with Gasteiger partial charge in [0.1, 0.15) is 6.04 Å². The average Bonchev–Trinajstić information content (AvgIpc) is 2.82. The summed E-state index contributed by atoms with van der Waals surface area (Å²) >= 11 is 0. The minimum Gasteiger partial charge on any atom is -0.465 e. The molecule has 0 saturated carbocycles. The molecule has 0 fully saturated rings. The average molecular weight is 506 g/mol. The van der Waals surface area contributed by atoms with E-state index < -0.39 is 39.4 Å². The predicted octanol–water partition coefficient (Wildman–Crippen LogP) is 2.56. The van der Waals surface area contributed by atoms with Crippen molar-refractivity contribution in [3.8, 4) is 0 Å². The number of carbonyl (C=O) groups excluding carboxylic acids is 3. The summed E-state index contributed by atoms with van der Waals surface area (Å²) in [6.45, 7) is 6.03. The fourth-order valence-electron chi connectivity index (χ4n) is 3.52. The van der Waals surface area contributed by atoms with E-state index in [1.165, 1.54) is 32.9 Å². The molecule has 1 N–H and O–H groups in total. The summed E-state index contributed by atoms with van der Waals surface area (Å²) in [6, 6.07) is 12.3. The maximum Gasteiger partial charge on any atom is 0.326 e. The third kappa shape index (κ3) is 6.67. The van der Waals surface area contributed by atoms with Crippen LogP contribution in [0.2, 0.25) is 0 Å². The molecule has 0 aromatic heterocycles. The molecular weight excluding hydrogens is 474 g/mol. The Balaban J connectivity index is 2.75. The summed E-state index contributed by atoms with van der Waals surface area (Å²) in [5.74, 6) is -3.32. The molecule has 2 aromatic rings. The lowest BCUT2D eigenvalue weighted by Gasteiger charge is -2.35. The van der Waals surface area contributed by atoms with Crippen LogP contribution in [-0.2, 0) is 45.0 Å². The van der Waals surface area contributed by atoms with Gasteiger partial charge in [0.05, 0.1) is 24.7 Å². The SMILES string of the molecule is CCOC(=O)[C@H](NS(=O)(=O)c1ccc(C)cc1)C(Cc1ccccc1)(C(=O)OCC)C(=O)OCC. The van der Waals surface area contributed by atoms with Crippen LogP contribution < -0.4 is 4.72 Å². The molecule has 9 nitrogen and oxygen atoms in total. The van der Waals surface area contributed by atoms with Crippen LogP contribution >= 0.6 is 0 Å². The molecule has 35 heavy (non-hydrogen) atoms. The number of ether oxygens (including phenoxy) is 3. The van der Waals surface area contributed by atoms with Gasteiger partial charge >= 0.3 is 17.9 Å². The summed E-state index contributed by atoms with van der Waals surface area (Å²) in [7, 11) is -4.38. The van der Waals surface area contributed by atoms with Gasteiger partial charge in [0.15, 0.2) is 5.41 Å². The highest BCUT2D eigenvalue weighted by Crippen LogP contribution is 2.34. The molecule has 2 rings (SSSR count). The molecule has 10 heteroatoms. The number of sulfonamides is 1. The van der Waals surface area contributed by atoms with Gasteiger partial charge in [0.25, 0.3) is 0 Å². The smallest absolute Gasteiger partial charge is 0.326 e. The summed E-state index contributed by atoms with van der Waals surface area (Å²) < 4.78 is 44.4. The molecule has 0 aliphatic rings. The fraction of sp³-hybridized carbons (Fsp3) is 0.400. The first-order valence-corrected chi connectivity index (χ1v) is 12.7. The van der Waals surface area contributed by atoms with Gasteiger partial charge in [-0.2, -0.15) is 4.72 Å². The minimum atomic E-state index is -4.38. The van der Waals surface area contributed by atoms with Crippen LogP contribution in [-0.4, -0.2) is 52.2 Å². The normalized spacial score (nSPS) is 12.5. The van der Waals surface area contributed by atoms with Gasteiger partial charge < -0.3 is 14.2 Å². The number of carbonyl (C=O) groups is 3.